The number of carbonyl (C=O) groups excluding carboxylic acids is 1. The predicted molar refractivity (Wildman–Crippen MR) is 118 cm³/mol. The largest absolute Gasteiger partial charge is 0.477 e. The van der Waals surface area contributed by atoms with Crippen molar-refractivity contribution in [1.29, 1.82) is 0 Å². The molecule has 160 valence electrons. The molecule has 1 aromatic rings. The highest BCUT2D eigenvalue weighted by molar-refractivity contribution is 8.23. The maximum absolute atomic E-state index is 12.5. The third kappa shape index (κ3) is 3.28. The van der Waals surface area contributed by atoms with E-state index in [0.717, 1.165) is 36.6 Å². The van der Waals surface area contributed by atoms with Crippen LogP contribution >= 0.6 is 23.5 Å². The first kappa shape index (κ1) is 20.4. The van der Waals surface area contributed by atoms with E-state index in [9.17, 15) is 19.8 Å². The molecule has 3 heterocycles. The van der Waals surface area contributed by atoms with Gasteiger partial charge in [-0.1, -0.05) is 43.0 Å². The van der Waals surface area contributed by atoms with E-state index in [-0.39, 0.29) is 17.0 Å². The number of aliphatic hydroxyl groups is 1. The second kappa shape index (κ2) is 7.89. The van der Waals surface area contributed by atoms with Crippen LogP contribution in [0.5, 0.6) is 0 Å². The molecule has 1 aromatic carbocycles. The van der Waals surface area contributed by atoms with E-state index in [1.165, 1.54) is 27.8 Å². The number of fused-ring (bicyclic) bond motifs is 2. The molecular weight excluding hydrogens is 420 g/mol. The minimum atomic E-state index is -1.05. The first-order chi connectivity index (χ1) is 14.5. The number of benzene rings is 1. The van der Waals surface area contributed by atoms with Crippen LogP contribution in [0.3, 0.4) is 0 Å². The zero-order valence-corrected chi connectivity index (χ0v) is 18.5. The van der Waals surface area contributed by atoms with Gasteiger partial charge in [0.25, 0.3) is 0 Å². The number of amides is 1. The number of β-lactam (4-membered cyclic amide) rings is 1. The van der Waals surface area contributed by atoms with Crippen molar-refractivity contribution in [3.05, 3.63) is 45.3 Å². The second-order valence-electron chi connectivity index (χ2n) is 8.51. The zero-order valence-electron chi connectivity index (χ0n) is 16.9. The van der Waals surface area contributed by atoms with Crippen LogP contribution < -0.4 is 0 Å². The molecule has 4 atom stereocenters. The summed E-state index contributed by atoms with van der Waals surface area (Å²) in [5.41, 5.74) is 3.01. The van der Waals surface area contributed by atoms with E-state index in [2.05, 4.69) is 29.2 Å². The highest BCUT2D eigenvalue weighted by Gasteiger charge is 2.58. The van der Waals surface area contributed by atoms with E-state index in [1.54, 1.807) is 11.8 Å². The number of hydrogen-bond donors (Lipinski definition) is 2. The van der Waals surface area contributed by atoms with Crippen molar-refractivity contribution in [2.45, 2.75) is 55.4 Å². The Labute approximate surface area is 184 Å². The number of carbonyl (C=O) groups is 2. The predicted octanol–water partition coefficient (Wildman–Crippen LogP) is 2.52. The number of rotatable bonds is 6. The van der Waals surface area contributed by atoms with Crippen molar-refractivity contribution >= 4 is 35.4 Å². The standard InChI is InChI=1S/C22H26N2O4S2/c1-2-16(25)17-19(26)24-18(21(27)28)22(30-20(17)24)29-15-7-8-23(11-15)14-9-12-5-3-4-6-13(12)10-14/h3-6,14-17,20,25H,2,7-11H2,1H3,(H,27,28)/t15-,16-,17+,20+/m0/s1. The van der Waals surface area contributed by atoms with Crippen LogP contribution in [-0.4, -0.2) is 67.7 Å². The highest BCUT2D eigenvalue weighted by atomic mass is 32.2. The molecule has 2 fully saturated rings. The first-order valence-corrected chi connectivity index (χ1v) is 12.4. The minimum absolute atomic E-state index is 0.117. The van der Waals surface area contributed by atoms with E-state index in [0.29, 0.717) is 17.7 Å². The molecule has 8 heteroatoms. The van der Waals surface area contributed by atoms with Crippen molar-refractivity contribution < 1.29 is 19.8 Å². The van der Waals surface area contributed by atoms with Gasteiger partial charge in [-0.05, 0) is 43.4 Å². The number of carboxylic acids is 1. The number of thioether (sulfide) groups is 2. The molecule has 4 aliphatic rings. The zero-order chi connectivity index (χ0) is 21.0. The van der Waals surface area contributed by atoms with Gasteiger partial charge in [0.1, 0.15) is 5.37 Å². The van der Waals surface area contributed by atoms with Gasteiger partial charge in [-0.3, -0.25) is 14.6 Å². The van der Waals surface area contributed by atoms with Crippen molar-refractivity contribution in [3.63, 3.8) is 0 Å². The molecule has 30 heavy (non-hydrogen) atoms. The molecule has 0 aromatic heterocycles. The van der Waals surface area contributed by atoms with Gasteiger partial charge in [-0.15, -0.1) is 11.8 Å². The van der Waals surface area contributed by atoms with E-state index in [1.807, 2.05) is 6.92 Å². The lowest BCUT2D eigenvalue weighted by atomic mass is 9.90. The topological polar surface area (TPSA) is 81.1 Å². The Kier molecular flexibility index (Phi) is 5.37. The molecule has 0 spiro atoms. The Hall–Kier alpha value is -1.48. The average molecular weight is 447 g/mol. The van der Waals surface area contributed by atoms with E-state index < -0.39 is 18.0 Å². The van der Waals surface area contributed by atoms with E-state index >= 15 is 0 Å². The molecule has 0 bridgehead atoms. The smallest absolute Gasteiger partial charge is 0.354 e. The van der Waals surface area contributed by atoms with Crippen LogP contribution in [0, 0.1) is 5.92 Å². The Morgan fingerprint density at radius 3 is 2.63 bits per heavy atom. The molecule has 3 aliphatic heterocycles. The van der Waals surface area contributed by atoms with Crippen LogP contribution in [0.4, 0.5) is 0 Å². The highest BCUT2D eigenvalue weighted by Crippen LogP contribution is 2.55. The number of carboxylic acid groups (broad SMARTS) is 1. The number of nitrogens with zero attached hydrogens (tertiary/aromatic N) is 2. The maximum Gasteiger partial charge on any atom is 0.354 e. The molecule has 0 radical (unpaired) electrons. The summed E-state index contributed by atoms with van der Waals surface area (Å²) in [7, 11) is 0. The minimum Gasteiger partial charge on any atom is -0.477 e. The first-order valence-electron chi connectivity index (χ1n) is 10.6. The van der Waals surface area contributed by atoms with E-state index in [4.69, 9.17) is 0 Å². The van der Waals surface area contributed by atoms with Crippen LogP contribution in [0.2, 0.25) is 0 Å². The summed E-state index contributed by atoms with van der Waals surface area (Å²) in [5.74, 6) is -1.80. The van der Waals surface area contributed by atoms with Gasteiger partial charge in [0.15, 0.2) is 5.70 Å². The molecule has 1 aliphatic carbocycles. The average Bonchev–Trinajstić information content (AvgIpc) is 3.43. The summed E-state index contributed by atoms with van der Waals surface area (Å²) in [4.78, 5) is 28.4. The summed E-state index contributed by atoms with van der Waals surface area (Å²) in [6.07, 6.45) is 2.98. The lowest BCUT2D eigenvalue weighted by Gasteiger charge is -2.44. The third-order valence-corrected chi connectivity index (χ3v) is 9.63. The summed E-state index contributed by atoms with van der Waals surface area (Å²) in [6, 6.07) is 9.18. The van der Waals surface area contributed by atoms with Crippen LogP contribution in [-0.2, 0) is 22.4 Å². The molecule has 2 N–H and O–H groups in total. The van der Waals surface area contributed by atoms with Gasteiger partial charge >= 0.3 is 5.97 Å². The van der Waals surface area contributed by atoms with Crippen molar-refractivity contribution in [2.75, 3.05) is 13.1 Å². The Balaban J connectivity index is 1.25. The molecule has 1 amide bonds. The fourth-order valence-corrected chi connectivity index (χ4v) is 8.41. The van der Waals surface area contributed by atoms with Gasteiger partial charge in [-0.25, -0.2) is 4.79 Å². The maximum atomic E-state index is 12.5. The summed E-state index contributed by atoms with van der Waals surface area (Å²) in [6.45, 7) is 3.82. The summed E-state index contributed by atoms with van der Waals surface area (Å²) >= 11 is 3.06. The van der Waals surface area contributed by atoms with Crippen molar-refractivity contribution in [1.82, 2.24) is 9.80 Å². The molecular formula is C22H26N2O4S2. The van der Waals surface area contributed by atoms with Gasteiger partial charge in [0, 0.05) is 17.8 Å². The van der Waals surface area contributed by atoms with Crippen LogP contribution in [0.25, 0.3) is 0 Å². The Morgan fingerprint density at radius 1 is 1.30 bits per heavy atom. The molecule has 0 saturated carbocycles. The molecule has 6 nitrogen and oxygen atoms in total. The lowest BCUT2D eigenvalue weighted by molar-refractivity contribution is -0.157. The monoisotopic (exact) mass is 446 g/mol. The van der Waals surface area contributed by atoms with Gasteiger partial charge in [0.05, 0.1) is 16.3 Å². The van der Waals surface area contributed by atoms with Crippen molar-refractivity contribution in [3.8, 4) is 0 Å². The normalized spacial score (nSPS) is 29.9. The number of hydrogen-bond acceptors (Lipinski definition) is 6. The fourth-order valence-electron chi connectivity index (χ4n) is 5.12. The lowest BCUT2D eigenvalue weighted by Crippen LogP contribution is -2.61. The van der Waals surface area contributed by atoms with Gasteiger partial charge in [0.2, 0.25) is 5.91 Å². The SMILES string of the molecule is CC[C@H](O)[C@@H]1C(=O)N2C(C(=O)O)=C(S[C@H]3CCN(C4Cc5ccccc5C4)C3)S[C@H]12. The summed E-state index contributed by atoms with van der Waals surface area (Å²) in [5, 5.41) is 20.0. The second-order valence-corrected chi connectivity index (χ2v) is 11.2. The number of likely N-dealkylation sites (tertiary alicyclic amines) is 1. The Bertz CT molecular complexity index is 895. The fraction of sp³-hybridized carbons (Fsp3) is 0.545. The van der Waals surface area contributed by atoms with Crippen LogP contribution in [0.1, 0.15) is 30.9 Å². The summed E-state index contributed by atoms with van der Waals surface area (Å²) < 4.78 is 0.730. The van der Waals surface area contributed by atoms with Crippen molar-refractivity contribution in [2.24, 2.45) is 5.92 Å². The quantitative estimate of drug-likeness (QED) is 0.650. The number of aliphatic carboxylic acids is 1. The number of aliphatic hydroxyl groups excluding tert-OH is 1. The third-order valence-electron chi connectivity index (χ3n) is 6.78. The van der Waals surface area contributed by atoms with Crippen LogP contribution in [0.15, 0.2) is 34.2 Å². The Morgan fingerprint density at radius 2 is 2.00 bits per heavy atom. The van der Waals surface area contributed by atoms with Gasteiger partial charge < -0.3 is 10.2 Å². The molecule has 5 rings (SSSR count). The van der Waals surface area contributed by atoms with Gasteiger partial charge in [-0.2, -0.15) is 0 Å². The molecule has 0 unspecified atom stereocenters. The molecule has 2 saturated heterocycles.